The first-order valence-electron chi connectivity index (χ1n) is 8.10. The van der Waals surface area contributed by atoms with Gasteiger partial charge in [0.15, 0.2) is 10.1 Å². The molecule has 2 aromatic carbocycles. The Kier molecular flexibility index (Phi) is 5.82. The number of hydrogen-bond acceptors (Lipinski definition) is 8. The molecule has 0 atom stereocenters. The maximum absolute atomic E-state index is 12.5. The Bertz CT molecular complexity index is 974. The minimum Gasteiger partial charge on any atom is -0.358 e. The fraction of sp³-hybridized carbons (Fsp3) is 0.167. The number of nitro groups is 1. The van der Waals surface area contributed by atoms with E-state index < -0.39 is 4.92 Å². The maximum atomic E-state index is 12.5. The van der Waals surface area contributed by atoms with Crippen LogP contribution in [0, 0.1) is 10.1 Å². The summed E-state index contributed by atoms with van der Waals surface area (Å²) in [5.74, 6) is -0.255. The Morgan fingerprint density at radius 3 is 2.56 bits per heavy atom. The summed E-state index contributed by atoms with van der Waals surface area (Å²) in [4.78, 5) is 24.0. The van der Waals surface area contributed by atoms with E-state index in [1.54, 1.807) is 36.4 Å². The van der Waals surface area contributed by atoms with Crippen LogP contribution in [0.25, 0.3) is 0 Å². The Hall–Kier alpha value is -2.78. The van der Waals surface area contributed by atoms with Crippen molar-refractivity contribution < 1.29 is 9.72 Å². The van der Waals surface area contributed by atoms with Crippen LogP contribution in [0.5, 0.6) is 0 Å². The Morgan fingerprint density at radius 2 is 1.89 bits per heavy atom. The largest absolute Gasteiger partial charge is 0.358 e. The summed E-state index contributed by atoms with van der Waals surface area (Å²) in [6.07, 6.45) is 0. The number of ketones is 1. The van der Waals surface area contributed by atoms with E-state index in [-0.39, 0.29) is 23.1 Å². The quantitative estimate of drug-likeness (QED) is 0.350. The molecule has 1 N–H and O–H groups in total. The number of anilines is 1. The highest BCUT2D eigenvalue weighted by Crippen LogP contribution is 2.38. The third-order valence-electron chi connectivity index (χ3n) is 3.47. The molecule has 0 unspecified atom stereocenters. The second-order valence-electron chi connectivity index (χ2n) is 5.91. The van der Waals surface area contributed by atoms with Crippen molar-refractivity contribution in [3.05, 3.63) is 69.8 Å². The summed E-state index contributed by atoms with van der Waals surface area (Å²) < 4.78 is 0.586. The SMILES string of the molecule is CC(C)Nc1nnc(Sc2ccc(C(=O)c3ccccc3)cc2[N+](=O)[O-])s1. The van der Waals surface area contributed by atoms with E-state index in [0.29, 0.717) is 19.9 Å². The fourth-order valence-corrected chi connectivity index (χ4v) is 4.23. The number of carbonyl (C=O) groups is 1. The van der Waals surface area contributed by atoms with Crippen molar-refractivity contribution in [1.82, 2.24) is 10.2 Å². The molecular formula is C18H16N4O3S2. The average molecular weight is 400 g/mol. The van der Waals surface area contributed by atoms with Crippen LogP contribution in [0.3, 0.4) is 0 Å². The summed E-state index contributed by atoms with van der Waals surface area (Å²) in [5, 5.41) is 23.4. The molecule has 0 radical (unpaired) electrons. The smallest absolute Gasteiger partial charge is 0.284 e. The molecule has 1 aromatic heterocycles. The minimum absolute atomic E-state index is 0.129. The topological polar surface area (TPSA) is 98.0 Å². The van der Waals surface area contributed by atoms with Gasteiger partial charge in [-0.1, -0.05) is 41.7 Å². The number of rotatable bonds is 7. The predicted molar refractivity (Wildman–Crippen MR) is 106 cm³/mol. The molecule has 27 heavy (non-hydrogen) atoms. The van der Waals surface area contributed by atoms with Gasteiger partial charge in [0, 0.05) is 23.2 Å². The van der Waals surface area contributed by atoms with E-state index in [2.05, 4.69) is 15.5 Å². The first-order chi connectivity index (χ1) is 12.9. The molecule has 3 aromatic rings. The van der Waals surface area contributed by atoms with Gasteiger partial charge in [0.25, 0.3) is 5.69 Å². The molecular weight excluding hydrogens is 384 g/mol. The summed E-state index contributed by atoms with van der Waals surface area (Å²) in [5.41, 5.74) is 0.632. The lowest BCUT2D eigenvalue weighted by molar-refractivity contribution is -0.387. The number of hydrogen-bond donors (Lipinski definition) is 1. The average Bonchev–Trinajstić information content (AvgIpc) is 3.08. The zero-order valence-electron chi connectivity index (χ0n) is 14.6. The van der Waals surface area contributed by atoms with Crippen molar-refractivity contribution in [2.75, 3.05) is 5.32 Å². The van der Waals surface area contributed by atoms with Crippen LogP contribution in [0.2, 0.25) is 0 Å². The molecule has 0 bridgehead atoms. The highest BCUT2D eigenvalue weighted by molar-refractivity contribution is 8.01. The second kappa shape index (κ2) is 8.28. The van der Waals surface area contributed by atoms with Crippen LogP contribution in [0.15, 0.2) is 57.8 Å². The van der Waals surface area contributed by atoms with Crippen LogP contribution < -0.4 is 5.32 Å². The van der Waals surface area contributed by atoms with Gasteiger partial charge in [-0.05, 0) is 37.7 Å². The van der Waals surface area contributed by atoms with E-state index in [9.17, 15) is 14.9 Å². The highest BCUT2D eigenvalue weighted by Gasteiger charge is 2.20. The summed E-state index contributed by atoms with van der Waals surface area (Å²) in [6, 6.07) is 13.4. The Morgan fingerprint density at radius 1 is 1.15 bits per heavy atom. The number of carbonyl (C=O) groups excluding carboxylic acids is 1. The van der Waals surface area contributed by atoms with Crippen molar-refractivity contribution in [2.24, 2.45) is 0 Å². The number of aromatic nitrogens is 2. The number of nitrogens with zero attached hydrogens (tertiary/aromatic N) is 3. The van der Waals surface area contributed by atoms with E-state index in [1.165, 1.54) is 17.4 Å². The molecule has 3 rings (SSSR count). The lowest BCUT2D eigenvalue weighted by Crippen LogP contribution is -2.08. The number of nitrogens with one attached hydrogen (secondary N) is 1. The van der Waals surface area contributed by atoms with Gasteiger partial charge in [-0.25, -0.2) is 0 Å². The van der Waals surface area contributed by atoms with E-state index in [1.807, 2.05) is 19.9 Å². The van der Waals surface area contributed by atoms with Crippen LogP contribution >= 0.6 is 23.1 Å². The number of nitro benzene ring substituents is 1. The van der Waals surface area contributed by atoms with Gasteiger partial charge in [-0.15, -0.1) is 10.2 Å². The molecule has 0 saturated carbocycles. The first kappa shape index (κ1) is 19.0. The summed E-state index contributed by atoms with van der Waals surface area (Å²) in [7, 11) is 0. The normalized spacial score (nSPS) is 10.8. The maximum Gasteiger partial charge on any atom is 0.284 e. The molecule has 7 nitrogen and oxygen atoms in total. The molecule has 0 amide bonds. The van der Waals surface area contributed by atoms with Crippen LogP contribution in [-0.2, 0) is 0 Å². The van der Waals surface area contributed by atoms with Gasteiger partial charge in [-0.2, -0.15) is 0 Å². The van der Waals surface area contributed by atoms with Gasteiger partial charge in [-0.3, -0.25) is 14.9 Å². The zero-order chi connectivity index (χ0) is 19.4. The molecule has 0 saturated heterocycles. The van der Waals surface area contributed by atoms with Gasteiger partial charge in [0.2, 0.25) is 5.13 Å². The molecule has 9 heteroatoms. The Balaban J connectivity index is 1.87. The zero-order valence-corrected chi connectivity index (χ0v) is 16.2. The van der Waals surface area contributed by atoms with Gasteiger partial charge in [0.1, 0.15) is 0 Å². The van der Waals surface area contributed by atoms with Crippen molar-refractivity contribution >= 4 is 39.7 Å². The Labute approximate surface area is 164 Å². The van der Waals surface area contributed by atoms with Crippen molar-refractivity contribution in [3.8, 4) is 0 Å². The fourth-order valence-electron chi connectivity index (χ4n) is 2.29. The first-order valence-corrected chi connectivity index (χ1v) is 9.73. The minimum atomic E-state index is -0.488. The lowest BCUT2D eigenvalue weighted by atomic mass is 10.0. The monoisotopic (exact) mass is 400 g/mol. The summed E-state index contributed by atoms with van der Waals surface area (Å²) >= 11 is 2.48. The van der Waals surface area contributed by atoms with Crippen molar-refractivity contribution in [3.63, 3.8) is 0 Å². The molecule has 138 valence electrons. The van der Waals surface area contributed by atoms with Gasteiger partial charge in [0.05, 0.1) is 9.82 Å². The highest BCUT2D eigenvalue weighted by atomic mass is 32.2. The predicted octanol–water partition coefficient (Wildman–Crippen LogP) is 4.65. The van der Waals surface area contributed by atoms with E-state index >= 15 is 0 Å². The van der Waals surface area contributed by atoms with E-state index in [0.717, 1.165) is 11.8 Å². The van der Waals surface area contributed by atoms with Gasteiger partial charge >= 0.3 is 0 Å². The lowest BCUT2D eigenvalue weighted by Gasteiger charge is -2.05. The standard InChI is InChI=1S/C18H16N4O3S2/c1-11(2)19-17-20-21-18(27-17)26-15-9-8-13(10-14(15)22(24)25)16(23)12-6-4-3-5-7-12/h3-11H,1-2H3,(H,19,20). The number of benzene rings is 2. The third kappa shape index (κ3) is 4.69. The van der Waals surface area contributed by atoms with E-state index in [4.69, 9.17) is 0 Å². The molecule has 0 aliphatic heterocycles. The van der Waals surface area contributed by atoms with Crippen LogP contribution in [0.1, 0.15) is 29.8 Å². The molecule has 0 fully saturated rings. The van der Waals surface area contributed by atoms with Gasteiger partial charge < -0.3 is 5.32 Å². The van der Waals surface area contributed by atoms with Crippen LogP contribution in [0.4, 0.5) is 10.8 Å². The third-order valence-corrected chi connectivity index (χ3v) is 5.44. The van der Waals surface area contributed by atoms with Crippen molar-refractivity contribution in [2.45, 2.75) is 29.1 Å². The molecule has 0 aliphatic rings. The molecule has 0 aliphatic carbocycles. The second-order valence-corrected chi connectivity index (χ2v) is 8.18. The summed E-state index contributed by atoms with van der Waals surface area (Å²) in [6.45, 7) is 3.98. The van der Waals surface area contributed by atoms with Crippen molar-refractivity contribution in [1.29, 1.82) is 0 Å². The molecule has 0 spiro atoms. The van der Waals surface area contributed by atoms with Crippen LogP contribution in [-0.4, -0.2) is 26.9 Å². The molecule has 1 heterocycles.